The smallest absolute Gasteiger partial charge is 0.494 e. The van der Waals surface area contributed by atoms with Crippen molar-refractivity contribution in [3.05, 3.63) is 6.33 Å². The minimum absolute atomic E-state index is 0.00984. The van der Waals surface area contributed by atoms with Gasteiger partial charge in [0, 0.05) is 6.42 Å². The third-order valence-electron chi connectivity index (χ3n) is 3.94. The largest absolute Gasteiger partial charge is 0.773 e. The Balaban J connectivity index is 1.74. The molecule has 0 radical (unpaired) electrons. The normalized spacial score (nSPS) is 28.1. The maximum Gasteiger partial charge on any atom is 0.494 e. The molecule has 156 valence electrons. The van der Waals surface area contributed by atoms with Crippen LogP contribution in [0, 0.1) is 0 Å². The molecular formula is C10H16N6O9P3-. The Hall–Kier alpha value is -1.08. The summed E-state index contributed by atoms with van der Waals surface area (Å²) in [5.41, 5.74) is 11.8. The third-order valence-corrected chi connectivity index (χ3v) is 12.6. The van der Waals surface area contributed by atoms with E-state index in [1.807, 2.05) is 0 Å². The Morgan fingerprint density at radius 3 is 2.82 bits per heavy atom. The molecule has 0 aliphatic carbocycles. The zero-order valence-corrected chi connectivity index (χ0v) is 16.5. The summed E-state index contributed by atoms with van der Waals surface area (Å²) < 4.78 is 23.2. The molecule has 6 atom stereocenters. The second kappa shape index (κ2) is 7.63. The summed E-state index contributed by atoms with van der Waals surface area (Å²) in [4.78, 5) is 61.6. The lowest BCUT2D eigenvalue weighted by atomic mass is 10.2. The molecule has 15 nitrogen and oxygen atoms in total. The first-order chi connectivity index (χ1) is 12.9. The van der Waals surface area contributed by atoms with Crippen LogP contribution in [0.1, 0.15) is 12.6 Å². The number of nitrogen functional groups attached to an aromatic ring is 2. The number of ether oxygens (including phenoxy) is 1. The van der Waals surface area contributed by atoms with Gasteiger partial charge in [0.15, 0.2) is 11.5 Å². The number of anilines is 2. The Morgan fingerprint density at radius 1 is 1.50 bits per heavy atom. The molecule has 1 saturated heterocycles. The zero-order valence-electron chi connectivity index (χ0n) is 13.8. The highest BCUT2D eigenvalue weighted by atomic mass is 32.5. The lowest BCUT2D eigenvalue weighted by Crippen LogP contribution is -2.26. The molecule has 3 unspecified atom stereocenters. The standard InChI is InChI=1S/C10H16N6O9P3/c11-8-7-9(15-10(12)14-8)16(3-13-7)6-1-4(17)5(25-6)2-24-27(20,21)28(22,23)26(18)19/h3-6,17-18H,1-2H2,(H,20,21)(H,22,23)(H4,11,12,14,15)/q-1/t4-,5+,6+/m0/s1. The van der Waals surface area contributed by atoms with E-state index >= 15 is 0 Å². The van der Waals surface area contributed by atoms with Crippen molar-refractivity contribution in [3.8, 4) is 0 Å². The van der Waals surface area contributed by atoms with E-state index < -0.39 is 47.5 Å². The number of aromatic nitrogens is 4. The van der Waals surface area contributed by atoms with Gasteiger partial charge in [-0.3, -0.25) is 14.0 Å². The lowest BCUT2D eigenvalue weighted by molar-refractivity contribution is -0.200. The molecule has 3 heterocycles. The highest BCUT2D eigenvalue weighted by molar-refractivity contribution is 8.60. The van der Waals surface area contributed by atoms with E-state index in [-0.39, 0.29) is 29.4 Å². The number of fused-ring (bicyclic) bond motifs is 1. The fourth-order valence-electron chi connectivity index (χ4n) is 2.54. The first-order valence-corrected chi connectivity index (χ1v) is 13.4. The van der Waals surface area contributed by atoms with Gasteiger partial charge in [-0.2, -0.15) is 9.97 Å². The molecule has 28 heavy (non-hydrogen) atoms. The van der Waals surface area contributed by atoms with Crippen molar-refractivity contribution in [1.82, 2.24) is 19.5 Å². The summed E-state index contributed by atoms with van der Waals surface area (Å²) in [6, 6.07) is 0. The van der Waals surface area contributed by atoms with Gasteiger partial charge in [-0.25, -0.2) is 14.4 Å². The van der Waals surface area contributed by atoms with Crippen LogP contribution in [0.15, 0.2) is 6.33 Å². The molecule has 2 aromatic rings. The zero-order chi connectivity index (χ0) is 20.9. The first-order valence-electron chi connectivity index (χ1n) is 7.50. The summed E-state index contributed by atoms with van der Waals surface area (Å²) in [6.45, 7) is -0.787. The molecule has 0 saturated carbocycles. The van der Waals surface area contributed by atoms with Crippen LogP contribution in [-0.2, 0) is 13.8 Å². The number of rotatable bonds is 6. The van der Waals surface area contributed by atoms with E-state index in [1.54, 1.807) is 0 Å². The number of hydrogen-bond donors (Lipinski definition) is 6. The molecule has 1 aliphatic rings. The lowest BCUT2D eigenvalue weighted by Gasteiger charge is -2.32. The SMILES string of the molecule is Nc1nc(N)c2ncn([C@H]3C[C@H](O)[C@@H](COP(=O)(O)[P+]([O-])(O)P([O-])O)O3)c2n1. The van der Waals surface area contributed by atoms with Gasteiger partial charge < -0.3 is 36.0 Å². The van der Waals surface area contributed by atoms with Crippen molar-refractivity contribution < 1.29 is 43.4 Å². The summed E-state index contributed by atoms with van der Waals surface area (Å²) in [5.74, 6) is -0.0686. The van der Waals surface area contributed by atoms with Crippen molar-refractivity contribution >= 4 is 45.4 Å². The van der Waals surface area contributed by atoms with Crippen molar-refractivity contribution in [2.24, 2.45) is 0 Å². The van der Waals surface area contributed by atoms with Gasteiger partial charge in [-0.05, 0) is 0 Å². The predicted molar refractivity (Wildman–Crippen MR) is 92.7 cm³/mol. The summed E-state index contributed by atoms with van der Waals surface area (Å²) in [7, 11) is -14.6. The van der Waals surface area contributed by atoms with Crippen LogP contribution in [0.5, 0.6) is 0 Å². The third kappa shape index (κ3) is 3.84. The maximum atomic E-state index is 11.8. The van der Waals surface area contributed by atoms with E-state index in [2.05, 4.69) is 19.5 Å². The van der Waals surface area contributed by atoms with Crippen LogP contribution < -0.4 is 21.3 Å². The van der Waals surface area contributed by atoms with E-state index in [9.17, 15) is 29.2 Å². The van der Waals surface area contributed by atoms with Gasteiger partial charge in [0.25, 0.3) is 0 Å². The van der Waals surface area contributed by atoms with E-state index in [0.717, 1.165) is 0 Å². The van der Waals surface area contributed by atoms with Crippen LogP contribution >= 0.6 is 22.4 Å². The number of imidazole rings is 1. The minimum atomic E-state index is -5.39. The maximum absolute atomic E-state index is 11.8. The van der Waals surface area contributed by atoms with Crippen LogP contribution in [0.3, 0.4) is 0 Å². The minimum Gasteiger partial charge on any atom is -0.773 e. The Morgan fingerprint density at radius 2 is 2.18 bits per heavy atom. The average molecular weight is 457 g/mol. The molecular weight excluding hydrogens is 441 g/mol. The molecule has 0 aromatic carbocycles. The number of aliphatic hydroxyl groups excluding tert-OH is 1. The molecule has 0 spiro atoms. The van der Waals surface area contributed by atoms with Gasteiger partial charge in [0.05, 0.1) is 19.0 Å². The highest BCUT2D eigenvalue weighted by Gasteiger charge is 2.52. The van der Waals surface area contributed by atoms with Crippen LogP contribution in [0.25, 0.3) is 11.2 Å². The fourth-order valence-corrected chi connectivity index (χ4v) is 6.67. The molecule has 3 rings (SSSR count). The number of aliphatic hydroxyl groups is 1. The first kappa shape index (κ1) is 21.6. The fraction of sp³-hybridized carbons (Fsp3) is 0.500. The Labute approximate surface area is 158 Å². The van der Waals surface area contributed by atoms with Crippen molar-refractivity contribution in [2.45, 2.75) is 24.9 Å². The van der Waals surface area contributed by atoms with Gasteiger partial charge in [-0.15, -0.1) is 0 Å². The van der Waals surface area contributed by atoms with Crippen LogP contribution in [-0.4, -0.2) is 58.1 Å². The average Bonchev–Trinajstić information content (AvgIpc) is 3.16. The summed E-state index contributed by atoms with van der Waals surface area (Å²) in [5, 5.41) is 10.1. The molecule has 0 bridgehead atoms. The highest BCUT2D eigenvalue weighted by Crippen LogP contribution is 2.92. The Bertz CT molecular complexity index is 925. The van der Waals surface area contributed by atoms with Crippen LogP contribution in [0.4, 0.5) is 11.8 Å². The van der Waals surface area contributed by atoms with Crippen molar-refractivity contribution in [2.75, 3.05) is 18.1 Å². The van der Waals surface area contributed by atoms with Gasteiger partial charge >= 0.3 is 7.28 Å². The molecule has 1 aliphatic heterocycles. The van der Waals surface area contributed by atoms with Crippen molar-refractivity contribution in [3.63, 3.8) is 0 Å². The van der Waals surface area contributed by atoms with E-state index in [1.165, 1.54) is 10.9 Å². The molecule has 1 fully saturated rings. The van der Waals surface area contributed by atoms with Gasteiger partial charge in [0.2, 0.25) is 13.0 Å². The number of nitrogens with two attached hydrogens (primary N) is 2. The second-order valence-corrected chi connectivity index (χ2v) is 15.3. The topological polar surface area (TPSA) is 258 Å². The molecule has 0 amide bonds. The van der Waals surface area contributed by atoms with Gasteiger partial charge in [0.1, 0.15) is 25.9 Å². The van der Waals surface area contributed by atoms with Gasteiger partial charge in [-0.1, -0.05) is 0 Å². The van der Waals surface area contributed by atoms with E-state index in [0.29, 0.717) is 0 Å². The molecule has 18 heteroatoms. The predicted octanol–water partition coefficient (Wildman–Crippen LogP) is -2.46. The summed E-state index contributed by atoms with van der Waals surface area (Å²) in [6.07, 6.45) is -1.90. The van der Waals surface area contributed by atoms with Crippen LogP contribution in [0.2, 0.25) is 0 Å². The Kier molecular flexibility index (Phi) is 5.90. The van der Waals surface area contributed by atoms with Crippen molar-refractivity contribution in [1.29, 1.82) is 0 Å². The summed E-state index contributed by atoms with van der Waals surface area (Å²) >= 11 is 0. The second-order valence-electron chi connectivity index (χ2n) is 5.78. The molecule has 8 N–H and O–H groups in total. The molecule has 2 aromatic heterocycles. The monoisotopic (exact) mass is 457 g/mol. The quantitative estimate of drug-likeness (QED) is 0.246. The number of hydrogen-bond acceptors (Lipinski definition) is 13. The van der Waals surface area contributed by atoms with E-state index in [4.69, 9.17) is 21.1 Å². The number of nitrogens with zero attached hydrogens (tertiary/aromatic N) is 4.